The van der Waals surface area contributed by atoms with E-state index < -0.39 is 5.60 Å². The molecule has 1 fully saturated rings. The van der Waals surface area contributed by atoms with Crippen LogP contribution in [0.5, 0.6) is 0 Å². The van der Waals surface area contributed by atoms with Gasteiger partial charge >= 0.3 is 6.09 Å². The van der Waals surface area contributed by atoms with Gasteiger partial charge in [0.05, 0.1) is 4.88 Å². The number of carbonyl (C=O) groups excluding carboxylic acids is 1. The van der Waals surface area contributed by atoms with Crippen molar-refractivity contribution in [2.45, 2.75) is 44.9 Å². The van der Waals surface area contributed by atoms with Gasteiger partial charge in [0.25, 0.3) is 0 Å². The highest BCUT2D eigenvalue weighted by Crippen LogP contribution is 2.30. The summed E-state index contributed by atoms with van der Waals surface area (Å²) in [6.07, 6.45) is 1.22. The van der Waals surface area contributed by atoms with Crippen molar-refractivity contribution in [1.29, 1.82) is 0 Å². The molecule has 1 saturated heterocycles. The van der Waals surface area contributed by atoms with Crippen LogP contribution in [0.2, 0.25) is 0 Å². The molecule has 3 heterocycles. The number of rotatable bonds is 1. The molecule has 124 valence electrons. The highest BCUT2D eigenvalue weighted by atomic mass is 32.1. The summed E-state index contributed by atoms with van der Waals surface area (Å²) >= 11 is 7.09. The number of thiophene rings is 1. The quantitative estimate of drug-likeness (QED) is 0.790. The minimum absolute atomic E-state index is 0.254. The van der Waals surface area contributed by atoms with Crippen LogP contribution in [-0.2, 0) is 4.74 Å². The lowest BCUT2D eigenvalue weighted by atomic mass is 9.98. The molecular weight excluding hydrogens is 330 g/mol. The van der Waals surface area contributed by atoms with Crippen molar-refractivity contribution in [3.8, 4) is 0 Å². The smallest absolute Gasteiger partial charge is 0.410 e. The minimum atomic E-state index is -0.468. The Bertz CT molecular complexity index is 639. The van der Waals surface area contributed by atoms with Crippen LogP contribution in [0, 0.1) is 0 Å². The SMILES string of the molecule is CC(C)(C)OC(=O)N1CCC2(CC1)N=C(c1cccs1)C(=S)N2. The van der Waals surface area contributed by atoms with Crippen LogP contribution < -0.4 is 5.32 Å². The topological polar surface area (TPSA) is 53.9 Å². The Labute approximate surface area is 145 Å². The summed E-state index contributed by atoms with van der Waals surface area (Å²) in [5.41, 5.74) is 0.0411. The third-order valence-corrected chi connectivity index (χ3v) is 5.06. The number of likely N-dealkylation sites (tertiary alicyclic amines) is 1. The van der Waals surface area contributed by atoms with E-state index in [0.29, 0.717) is 18.1 Å². The number of hydrogen-bond acceptors (Lipinski definition) is 5. The third kappa shape index (κ3) is 3.55. The highest BCUT2D eigenvalue weighted by molar-refractivity contribution is 7.82. The zero-order valence-electron chi connectivity index (χ0n) is 13.6. The number of carbonyl (C=O) groups is 1. The van der Waals surface area contributed by atoms with E-state index in [4.69, 9.17) is 21.9 Å². The van der Waals surface area contributed by atoms with E-state index in [-0.39, 0.29) is 11.8 Å². The van der Waals surface area contributed by atoms with Gasteiger partial charge in [-0.2, -0.15) is 0 Å². The molecule has 2 aliphatic heterocycles. The maximum Gasteiger partial charge on any atom is 0.410 e. The summed E-state index contributed by atoms with van der Waals surface area (Å²) < 4.78 is 5.44. The summed E-state index contributed by atoms with van der Waals surface area (Å²) in [4.78, 5) is 20.6. The Balaban J connectivity index is 1.67. The summed E-state index contributed by atoms with van der Waals surface area (Å²) in [6.45, 7) is 6.87. The normalized spacial score (nSPS) is 20.4. The monoisotopic (exact) mass is 351 g/mol. The largest absolute Gasteiger partial charge is 0.444 e. The van der Waals surface area contributed by atoms with Crippen molar-refractivity contribution in [3.63, 3.8) is 0 Å². The molecule has 0 radical (unpaired) electrons. The van der Waals surface area contributed by atoms with Gasteiger partial charge in [-0.1, -0.05) is 18.3 Å². The van der Waals surface area contributed by atoms with E-state index in [1.807, 2.05) is 38.3 Å². The number of aliphatic imine (C=N–C) groups is 1. The summed E-state index contributed by atoms with van der Waals surface area (Å²) in [5, 5.41) is 5.40. The van der Waals surface area contributed by atoms with Gasteiger partial charge in [0.1, 0.15) is 22.0 Å². The maximum absolute atomic E-state index is 12.2. The van der Waals surface area contributed by atoms with Gasteiger partial charge in [-0.05, 0) is 32.2 Å². The second-order valence-corrected chi connectivity index (χ2v) is 8.25. The number of ether oxygens (including phenoxy) is 1. The van der Waals surface area contributed by atoms with Crippen molar-refractivity contribution in [2.75, 3.05) is 13.1 Å². The maximum atomic E-state index is 12.2. The molecule has 1 N–H and O–H groups in total. The molecular formula is C16H21N3O2S2. The fourth-order valence-corrected chi connectivity index (χ4v) is 3.90. The van der Waals surface area contributed by atoms with Crippen molar-refractivity contribution >= 4 is 40.3 Å². The molecule has 0 aliphatic carbocycles. The first-order chi connectivity index (χ1) is 10.8. The van der Waals surface area contributed by atoms with E-state index in [0.717, 1.165) is 23.4 Å². The van der Waals surface area contributed by atoms with E-state index in [1.165, 1.54) is 0 Å². The Morgan fingerprint density at radius 3 is 2.70 bits per heavy atom. The summed E-state index contributed by atoms with van der Waals surface area (Å²) in [7, 11) is 0. The number of thiocarbonyl (C=S) groups is 1. The Kier molecular flexibility index (Phi) is 4.18. The number of nitrogens with one attached hydrogen (secondary N) is 1. The van der Waals surface area contributed by atoms with E-state index >= 15 is 0 Å². The predicted molar refractivity (Wildman–Crippen MR) is 96.4 cm³/mol. The zero-order valence-corrected chi connectivity index (χ0v) is 15.2. The molecule has 1 amide bonds. The van der Waals surface area contributed by atoms with Gasteiger partial charge in [0.2, 0.25) is 0 Å². The zero-order chi connectivity index (χ0) is 16.7. The highest BCUT2D eigenvalue weighted by Gasteiger charge is 2.42. The Hall–Kier alpha value is -1.47. The number of nitrogens with zero attached hydrogens (tertiary/aromatic N) is 2. The van der Waals surface area contributed by atoms with Crippen LogP contribution >= 0.6 is 23.6 Å². The lowest BCUT2D eigenvalue weighted by Crippen LogP contribution is -2.52. The first-order valence-corrected chi connectivity index (χ1v) is 9.01. The molecule has 0 saturated carbocycles. The Morgan fingerprint density at radius 2 is 2.13 bits per heavy atom. The average Bonchev–Trinajstić information content (AvgIpc) is 3.06. The standard InChI is InChI=1S/C16H21N3O2S2/c1-15(2,3)21-14(20)19-8-6-16(7-9-19)17-12(13(22)18-16)11-5-4-10-23-11/h4-5,10H,6-9H2,1-3H3,(H,18,22). The van der Waals surface area contributed by atoms with Crippen LogP contribution in [0.25, 0.3) is 0 Å². The average molecular weight is 351 g/mol. The molecule has 1 spiro atoms. The third-order valence-electron chi connectivity index (χ3n) is 3.88. The molecule has 0 bridgehead atoms. The summed E-state index contributed by atoms with van der Waals surface area (Å²) in [6, 6.07) is 4.04. The van der Waals surface area contributed by atoms with Gasteiger partial charge in [-0.25, -0.2) is 4.79 Å². The van der Waals surface area contributed by atoms with E-state index in [1.54, 1.807) is 16.2 Å². The second-order valence-electron chi connectivity index (χ2n) is 6.89. The number of piperidine rings is 1. The van der Waals surface area contributed by atoms with Crippen LogP contribution in [-0.4, -0.2) is 46.0 Å². The molecule has 0 atom stereocenters. The minimum Gasteiger partial charge on any atom is -0.444 e. The number of hydrogen-bond donors (Lipinski definition) is 1. The molecule has 7 heteroatoms. The predicted octanol–water partition coefficient (Wildman–Crippen LogP) is 3.20. The molecule has 2 aliphatic rings. The van der Waals surface area contributed by atoms with Gasteiger partial charge in [0.15, 0.2) is 0 Å². The van der Waals surface area contributed by atoms with Crippen LogP contribution in [0.4, 0.5) is 4.79 Å². The van der Waals surface area contributed by atoms with Crippen molar-refractivity contribution in [2.24, 2.45) is 4.99 Å². The van der Waals surface area contributed by atoms with Crippen molar-refractivity contribution < 1.29 is 9.53 Å². The molecule has 1 aromatic rings. The lowest BCUT2D eigenvalue weighted by molar-refractivity contribution is 0.0165. The van der Waals surface area contributed by atoms with Gasteiger partial charge in [0, 0.05) is 25.9 Å². The van der Waals surface area contributed by atoms with Gasteiger partial charge in [-0.3, -0.25) is 4.99 Å². The van der Waals surface area contributed by atoms with Crippen molar-refractivity contribution in [3.05, 3.63) is 22.4 Å². The molecule has 5 nitrogen and oxygen atoms in total. The Morgan fingerprint density at radius 1 is 1.43 bits per heavy atom. The van der Waals surface area contributed by atoms with Crippen molar-refractivity contribution in [1.82, 2.24) is 10.2 Å². The second kappa shape index (κ2) is 5.87. The first kappa shape index (κ1) is 16.4. The lowest BCUT2D eigenvalue weighted by Gasteiger charge is -2.38. The van der Waals surface area contributed by atoms with E-state index in [9.17, 15) is 4.79 Å². The fourth-order valence-electron chi connectivity index (χ4n) is 2.77. The molecule has 1 aromatic heterocycles. The van der Waals surface area contributed by atoms with Crippen LogP contribution in [0.3, 0.4) is 0 Å². The molecule has 0 unspecified atom stereocenters. The van der Waals surface area contributed by atoms with Gasteiger partial charge < -0.3 is 15.0 Å². The van der Waals surface area contributed by atoms with Crippen LogP contribution in [0.15, 0.2) is 22.5 Å². The first-order valence-electron chi connectivity index (χ1n) is 7.72. The molecule has 3 rings (SSSR count). The van der Waals surface area contributed by atoms with Gasteiger partial charge in [-0.15, -0.1) is 11.3 Å². The van der Waals surface area contributed by atoms with E-state index in [2.05, 4.69) is 5.32 Å². The molecule has 23 heavy (non-hydrogen) atoms. The number of amides is 1. The fraction of sp³-hybridized carbons (Fsp3) is 0.562. The van der Waals surface area contributed by atoms with Crippen LogP contribution in [0.1, 0.15) is 38.5 Å². The summed E-state index contributed by atoms with van der Waals surface area (Å²) in [5.74, 6) is 0. The molecule has 0 aromatic carbocycles.